The number of para-hydroxylation sites is 1. The molecule has 0 unspecified atom stereocenters. The number of benzene rings is 2. The van der Waals surface area contributed by atoms with Gasteiger partial charge in [0.25, 0.3) is 0 Å². The van der Waals surface area contributed by atoms with Crippen molar-refractivity contribution in [1.82, 2.24) is 4.98 Å². The van der Waals surface area contributed by atoms with Crippen LogP contribution in [0.1, 0.15) is 11.3 Å². The summed E-state index contributed by atoms with van der Waals surface area (Å²) in [6.45, 7) is 1.68. The molecule has 0 saturated heterocycles. The van der Waals surface area contributed by atoms with E-state index in [0.717, 1.165) is 16.5 Å². The number of nitrogens with zero attached hydrogens (tertiary/aromatic N) is 1. The highest BCUT2D eigenvalue weighted by Gasteiger charge is 2.09. The molecule has 1 N–H and O–H groups in total. The van der Waals surface area contributed by atoms with Crippen LogP contribution in [0.5, 0.6) is 11.5 Å². The van der Waals surface area contributed by atoms with Crippen LogP contribution < -0.4 is 4.74 Å². The molecular weight excluding hydrogens is 269 g/mol. The van der Waals surface area contributed by atoms with Gasteiger partial charge in [0.1, 0.15) is 17.3 Å². The standard InChI is InChI=1S/C17H14FNO2/c1-11-6-7-12(18)8-16(11)21-17-9-13(10-20)19-15-5-3-2-4-14(15)17/h2-9,20H,10H2,1H3. The van der Waals surface area contributed by atoms with Crippen LogP contribution in [0, 0.1) is 12.7 Å². The minimum absolute atomic E-state index is 0.177. The second kappa shape index (κ2) is 5.50. The van der Waals surface area contributed by atoms with E-state index in [-0.39, 0.29) is 12.4 Å². The first kappa shape index (κ1) is 13.5. The van der Waals surface area contributed by atoms with Crippen molar-refractivity contribution in [2.24, 2.45) is 0 Å². The molecule has 0 fully saturated rings. The van der Waals surface area contributed by atoms with Crippen molar-refractivity contribution < 1.29 is 14.2 Å². The van der Waals surface area contributed by atoms with Gasteiger partial charge in [-0.2, -0.15) is 0 Å². The minimum Gasteiger partial charge on any atom is -0.456 e. The Morgan fingerprint density at radius 3 is 2.71 bits per heavy atom. The van der Waals surface area contributed by atoms with Gasteiger partial charge in [0.15, 0.2) is 0 Å². The van der Waals surface area contributed by atoms with Crippen molar-refractivity contribution in [3.8, 4) is 11.5 Å². The van der Waals surface area contributed by atoms with Crippen LogP contribution in [0.15, 0.2) is 48.5 Å². The Kier molecular flexibility index (Phi) is 3.54. The molecule has 0 aliphatic heterocycles. The summed E-state index contributed by atoms with van der Waals surface area (Å²) < 4.78 is 19.2. The van der Waals surface area contributed by atoms with Crippen molar-refractivity contribution in [3.05, 3.63) is 65.6 Å². The van der Waals surface area contributed by atoms with E-state index in [0.29, 0.717) is 17.2 Å². The molecule has 0 radical (unpaired) electrons. The van der Waals surface area contributed by atoms with Crippen molar-refractivity contribution in [2.45, 2.75) is 13.5 Å². The van der Waals surface area contributed by atoms with Crippen molar-refractivity contribution in [2.75, 3.05) is 0 Å². The Morgan fingerprint density at radius 1 is 1.10 bits per heavy atom. The van der Waals surface area contributed by atoms with Crippen LogP contribution in [0.4, 0.5) is 4.39 Å². The lowest BCUT2D eigenvalue weighted by Gasteiger charge is -2.12. The lowest BCUT2D eigenvalue weighted by atomic mass is 10.1. The average Bonchev–Trinajstić information content (AvgIpc) is 2.50. The van der Waals surface area contributed by atoms with Gasteiger partial charge in [-0.25, -0.2) is 4.39 Å². The van der Waals surface area contributed by atoms with Crippen molar-refractivity contribution in [3.63, 3.8) is 0 Å². The van der Waals surface area contributed by atoms with E-state index < -0.39 is 0 Å². The van der Waals surface area contributed by atoms with Gasteiger partial charge in [-0.3, -0.25) is 4.98 Å². The topological polar surface area (TPSA) is 42.4 Å². The highest BCUT2D eigenvalue weighted by Crippen LogP contribution is 2.32. The third-order valence-electron chi connectivity index (χ3n) is 3.26. The first-order valence-electron chi connectivity index (χ1n) is 6.61. The molecule has 3 nitrogen and oxygen atoms in total. The first-order valence-corrected chi connectivity index (χ1v) is 6.61. The first-order chi connectivity index (χ1) is 10.2. The van der Waals surface area contributed by atoms with Crippen molar-refractivity contribution in [1.29, 1.82) is 0 Å². The molecule has 3 rings (SSSR count). The summed E-state index contributed by atoms with van der Waals surface area (Å²) in [7, 11) is 0. The Labute approximate surface area is 121 Å². The van der Waals surface area contributed by atoms with Crippen LogP contribution in [0.3, 0.4) is 0 Å². The van der Waals surface area contributed by atoms with Crippen molar-refractivity contribution >= 4 is 10.9 Å². The SMILES string of the molecule is Cc1ccc(F)cc1Oc1cc(CO)nc2ccccc12. The van der Waals surface area contributed by atoms with Gasteiger partial charge in [0, 0.05) is 17.5 Å². The summed E-state index contributed by atoms with van der Waals surface area (Å²) in [6.07, 6.45) is 0. The third kappa shape index (κ3) is 2.71. The lowest BCUT2D eigenvalue weighted by molar-refractivity contribution is 0.276. The maximum Gasteiger partial charge on any atom is 0.138 e. The molecule has 0 aliphatic carbocycles. The summed E-state index contributed by atoms with van der Waals surface area (Å²) >= 11 is 0. The van der Waals surface area contributed by atoms with Crippen LogP contribution in [-0.2, 0) is 6.61 Å². The van der Waals surface area contributed by atoms with Crippen LogP contribution >= 0.6 is 0 Å². The Morgan fingerprint density at radius 2 is 1.90 bits per heavy atom. The van der Waals surface area contributed by atoms with E-state index >= 15 is 0 Å². The number of aliphatic hydroxyl groups excluding tert-OH is 1. The molecule has 0 atom stereocenters. The number of hydrogen-bond acceptors (Lipinski definition) is 3. The van der Waals surface area contributed by atoms with E-state index in [1.807, 2.05) is 31.2 Å². The number of pyridine rings is 1. The molecule has 1 heterocycles. The fraction of sp³-hybridized carbons (Fsp3) is 0.118. The normalized spacial score (nSPS) is 10.8. The number of ether oxygens (including phenoxy) is 1. The predicted molar refractivity (Wildman–Crippen MR) is 78.9 cm³/mol. The summed E-state index contributed by atoms with van der Waals surface area (Å²) in [4.78, 5) is 4.33. The van der Waals surface area contributed by atoms with E-state index in [2.05, 4.69) is 4.98 Å². The zero-order valence-electron chi connectivity index (χ0n) is 11.5. The lowest BCUT2D eigenvalue weighted by Crippen LogP contribution is -1.95. The molecule has 0 amide bonds. The second-order valence-electron chi connectivity index (χ2n) is 4.80. The molecule has 0 spiro atoms. The van der Waals surface area contributed by atoms with Crippen LogP contribution in [-0.4, -0.2) is 10.1 Å². The number of aryl methyl sites for hydroxylation is 1. The summed E-state index contributed by atoms with van der Waals surface area (Å²) in [5.74, 6) is 0.657. The highest BCUT2D eigenvalue weighted by molar-refractivity contribution is 5.85. The molecule has 1 aromatic heterocycles. The van der Waals surface area contributed by atoms with Gasteiger partial charge in [0.2, 0.25) is 0 Å². The maximum atomic E-state index is 13.4. The predicted octanol–water partition coefficient (Wildman–Crippen LogP) is 3.97. The molecule has 0 aliphatic rings. The summed E-state index contributed by atoms with van der Waals surface area (Å²) in [6, 6.07) is 13.6. The smallest absolute Gasteiger partial charge is 0.138 e. The quantitative estimate of drug-likeness (QED) is 0.791. The largest absolute Gasteiger partial charge is 0.456 e. The molecular formula is C17H14FNO2. The fourth-order valence-electron chi connectivity index (χ4n) is 2.16. The fourth-order valence-corrected chi connectivity index (χ4v) is 2.16. The van der Waals surface area contributed by atoms with E-state index in [4.69, 9.17) is 4.74 Å². The summed E-state index contributed by atoms with van der Waals surface area (Å²) in [5, 5.41) is 10.1. The number of aliphatic hydroxyl groups is 1. The number of aromatic nitrogens is 1. The zero-order chi connectivity index (χ0) is 14.8. The van der Waals surface area contributed by atoms with Gasteiger partial charge in [-0.1, -0.05) is 18.2 Å². The van der Waals surface area contributed by atoms with E-state index in [1.165, 1.54) is 12.1 Å². The molecule has 4 heteroatoms. The number of hydrogen-bond donors (Lipinski definition) is 1. The third-order valence-corrected chi connectivity index (χ3v) is 3.26. The average molecular weight is 283 g/mol. The van der Waals surface area contributed by atoms with E-state index in [1.54, 1.807) is 12.1 Å². The Bertz CT molecular complexity index is 802. The van der Waals surface area contributed by atoms with Gasteiger partial charge in [-0.15, -0.1) is 0 Å². The van der Waals surface area contributed by atoms with Crippen LogP contribution in [0.25, 0.3) is 10.9 Å². The molecule has 106 valence electrons. The van der Waals surface area contributed by atoms with Crippen LogP contribution in [0.2, 0.25) is 0 Å². The molecule has 3 aromatic rings. The van der Waals surface area contributed by atoms with Gasteiger partial charge >= 0.3 is 0 Å². The minimum atomic E-state index is -0.351. The second-order valence-corrected chi connectivity index (χ2v) is 4.80. The Hall–Kier alpha value is -2.46. The molecule has 21 heavy (non-hydrogen) atoms. The summed E-state index contributed by atoms with van der Waals surface area (Å²) in [5.41, 5.74) is 2.08. The monoisotopic (exact) mass is 283 g/mol. The molecule has 0 bridgehead atoms. The van der Waals surface area contributed by atoms with E-state index in [9.17, 15) is 9.50 Å². The van der Waals surface area contributed by atoms with Gasteiger partial charge in [-0.05, 0) is 30.7 Å². The maximum absolute atomic E-state index is 13.4. The Balaban J connectivity index is 2.13. The molecule has 2 aromatic carbocycles. The van der Waals surface area contributed by atoms with Gasteiger partial charge in [0.05, 0.1) is 17.8 Å². The highest BCUT2D eigenvalue weighted by atomic mass is 19.1. The molecule has 0 saturated carbocycles. The number of halogens is 1. The number of fused-ring (bicyclic) bond motifs is 1. The van der Waals surface area contributed by atoms with Gasteiger partial charge < -0.3 is 9.84 Å². The number of rotatable bonds is 3. The zero-order valence-corrected chi connectivity index (χ0v) is 11.5.